The van der Waals surface area contributed by atoms with Crippen molar-refractivity contribution in [3.63, 3.8) is 0 Å². The molecule has 6 nitrogen and oxygen atoms in total. The van der Waals surface area contributed by atoms with Crippen molar-refractivity contribution in [3.8, 4) is 0 Å². The molecule has 8 heteroatoms. The van der Waals surface area contributed by atoms with Crippen molar-refractivity contribution in [2.45, 2.75) is 19.5 Å². The number of esters is 1. The van der Waals surface area contributed by atoms with Crippen molar-refractivity contribution < 1.29 is 9.53 Å². The van der Waals surface area contributed by atoms with E-state index in [2.05, 4.69) is 35.0 Å². The summed E-state index contributed by atoms with van der Waals surface area (Å²) in [5.74, 6) is -0.515. The number of hydrogen-bond acceptors (Lipinski definition) is 5. The summed E-state index contributed by atoms with van der Waals surface area (Å²) in [4.78, 5) is 33.5. The number of hydrogen-bond donors (Lipinski definition) is 0. The molecule has 0 fully saturated rings. The lowest BCUT2D eigenvalue weighted by molar-refractivity contribution is -0.138. The molecule has 0 saturated heterocycles. The minimum absolute atomic E-state index is 0.190. The smallest absolute Gasteiger partial charge is 0.338 e. The molecule has 1 atom stereocenters. The summed E-state index contributed by atoms with van der Waals surface area (Å²) >= 11 is 7.57. The van der Waals surface area contributed by atoms with Crippen LogP contribution in [0.2, 0.25) is 5.02 Å². The van der Waals surface area contributed by atoms with Gasteiger partial charge in [-0.15, -0.1) is 0 Å². The van der Waals surface area contributed by atoms with Crippen molar-refractivity contribution in [1.29, 1.82) is 0 Å². The van der Waals surface area contributed by atoms with Gasteiger partial charge in [0.15, 0.2) is 4.80 Å². The minimum Gasteiger partial charge on any atom is -0.463 e. The van der Waals surface area contributed by atoms with E-state index in [0.717, 1.165) is 27.6 Å². The highest BCUT2D eigenvalue weighted by Crippen LogP contribution is 2.35. The Morgan fingerprint density at radius 3 is 2.36 bits per heavy atom. The number of aromatic nitrogens is 2. The number of carbonyl (C=O) groups excluding carboxylic acids is 1. The first-order chi connectivity index (χ1) is 22.0. The summed E-state index contributed by atoms with van der Waals surface area (Å²) in [7, 11) is 0. The first kappa shape index (κ1) is 28.8. The zero-order valence-corrected chi connectivity index (χ0v) is 26.0. The summed E-state index contributed by atoms with van der Waals surface area (Å²) < 4.78 is 9.90. The Morgan fingerprint density at radius 2 is 1.62 bits per heavy atom. The van der Waals surface area contributed by atoms with Crippen LogP contribution in [0.1, 0.15) is 35.2 Å². The molecule has 2 aromatic heterocycles. The van der Waals surface area contributed by atoms with Crippen LogP contribution in [0, 0.1) is 0 Å². The standard InChI is InChI=1S/C37H28ClN3O3S/c1-2-44-36(43)32-33(25-13-7-4-8-14-25)39-37-41(34(32)26-17-19-28(38)20-18-26)35(42)31(45-37)21-27-23-40(22-24-11-5-3-6-12-24)30-16-10-9-15-29(27)30/h3-21,23,34H,2,22H2,1H3/b31-21-/t34-/m1/s1. The topological polar surface area (TPSA) is 65.6 Å². The first-order valence-corrected chi connectivity index (χ1v) is 15.9. The number of thiazole rings is 1. The average molecular weight is 630 g/mol. The zero-order chi connectivity index (χ0) is 30.9. The van der Waals surface area contributed by atoms with Crippen molar-refractivity contribution >= 4 is 51.6 Å². The van der Waals surface area contributed by atoms with Crippen molar-refractivity contribution in [2.24, 2.45) is 4.99 Å². The first-order valence-electron chi connectivity index (χ1n) is 14.7. The lowest BCUT2D eigenvalue weighted by Crippen LogP contribution is -2.40. The fourth-order valence-electron chi connectivity index (χ4n) is 5.84. The lowest BCUT2D eigenvalue weighted by atomic mass is 9.93. The fraction of sp³-hybridized carbons (Fsp3) is 0.108. The van der Waals surface area contributed by atoms with Gasteiger partial charge in [0.1, 0.15) is 0 Å². The molecule has 222 valence electrons. The van der Waals surface area contributed by atoms with Gasteiger partial charge in [-0.3, -0.25) is 9.36 Å². The van der Waals surface area contributed by atoms with Gasteiger partial charge in [-0.2, -0.15) is 0 Å². The molecule has 0 saturated carbocycles. The van der Waals surface area contributed by atoms with E-state index in [4.69, 9.17) is 21.3 Å². The van der Waals surface area contributed by atoms with Gasteiger partial charge >= 0.3 is 5.97 Å². The van der Waals surface area contributed by atoms with Crippen LogP contribution in [-0.4, -0.2) is 21.7 Å². The number of rotatable bonds is 7. The second-order valence-electron chi connectivity index (χ2n) is 10.7. The molecule has 6 aromatic rings. The number of halogens is 1. The molecule has 0 N–H and O–H groups in total. The largest absolute Gasteiger partial charge is 0.463 e. The highest BCUT2D eigenvalue weighted by atomic mass is 35.5. The number of fused-ring (bicyclic) bond motifs is 2. The van der Waals surface area contributed by atoms with Crippen molar-refractivity contribution in [3.05, 3.63) is 168 Å². The molecule has 0 aliphatic carbocycles. The van der Waals surface area contributed by atoms with Crippen LogP contribution in [0.4, 0.5) is 0 Å². The van der Waals surface area contributed by atoms with E-state index >= 15 is 0 Å². The van der Waals surface area contributed by atoms with Gasteiger partial charge in [-0.1, -0.05) is 114 Å². The number of ether oxygens (including phenoxy) is 1. The van der Waals surface area contributed by atoms with Crippen LogP contribution < -0.4 is 14.9 Å². The zero-order valence-electron chi connectivity index (χ0n) is 24.4. The molecule has 4 aromatic carbocycles. The van der Waals surface area contributed by atoms with Crippen LogP contribution >= 0.6 is 22.9 Å². The van der Waals surface area contributed by atoms with E-state index in [1.807, 2.05) is 78.9 Å². The molecule has 0 unspecified atom stereocenters. The molecular weight excluding hydrogens is 602 g/mol. The molecule has 0 bridgehead atoms. The lowest BCUT2D eigenvalue weighted by Gasteiger charge is -2.25. The van der Waals surface area contributed by atoms with Gasteiger partial charge in [-0.25, -0.2) is 9.79 Å². The number of para-hydroxylation sites is 1. The normalized spacial score (nSPS) is 14.8. The quantitative estimate of drug-likeness (QED) is 0.187. The Hall–Kier alpha value is -4.98. The van der Waals surface area contributed by atoms with Gasteiger partial charge in [0.2, 0.25) is 0 Å². The van der Waals surface area contributed by atoms with Crippen LogP contribution in [-0.2, 0) is 16.1 Å². The monoisotopic (exact) mass is 629 g/mol. The molecule has 7 rings (SSSR count). The molecule has 0 spiro atoms. The SMILES string of the molecule is CCOC(=O)C1=C(c2ccccc2)N=c2s/c(=C\c3cn(Cc4ccccc4)c4ccccc34)c(=O)n2[C@@H]1c1ccc(Cl)cc1. The maximum atomic E-state index is 14.3. The maximum Gasteiger partial charge on any atom is 0.338 e. The fourth-order valence-corrected chi connectivity index (χ4v) is 6.96. The third-order valence-corrected chi connectivity index (χ3v) is 9.10. The predicted molar refractivity (Wildman–Crippen MR) is 180 cm³/mol. The Bertz CT molecular complexity index is 2250. The molecule has 1 aliphatic heterocycles. The second kappa shape index (κ2) is 12.2. The van der Waals surface area contributed by atoms with E-state index in [-0.39, 0.29) is 12.2 Å². The molecule has 1 aliphatic rings. The van der Waals surface area contributed by atoms with E-state index in [9.17, 15) is 9.59 Å². The number of nitrogens with zero attached hydrogens (tertiary/aromatic N) is 3. The van der Waals surface area contributed by atoms with Crippen LogP contribution in [0.25, 0.3) is 22.7 Å². The van der Waals surface area contributed by atoms with E-state index in [1.54, 1.807) is 23.6 Å². The van der Waals surface area contributed by atoms with Crippen LogP contribution in [0.5, 0.6) is 0 Å². The van der Waals surface area contributed by atoms with Crippen molar-refractivity contribution in [2.75, 3.05) is 6.61 Å². The summed E-state index contributed by atoms with van der Waals surface area (Å²) in [6.07, 6.45) is 4.02. The Labute approximate surface area is 268 Å². The molecule has 3 heterocycles. The Kier molecular flexibility index (Phi) is 7.79. The van der Waals surface area contributed by atoms with Gasteiger partial charge < -0.3 is 9.30 Å². The molecule has 0 radical (unpaired) electrons. The van der Waals surface area contributed by atoms with Crippen LogP contribution in [0.3, 0.4) is 0 Å². The Balaban J connectivity index is 1.45. The van der Waals surface area contributed by atoms with Crippen molar-refractivity contribution in [1.82, 2.24) is 9.13 Å². The molecular formula is C37H28ClN3O3S. The van der Waals surface area contributed by atoms with Crippen LogP contribution in [0.15, 0.2) is 131 Å². The maximum absolute atomic E-state index is 14.3. The van der Waals surface area contributed by atoms with Gasteiger partial charge in [-0.05, 0) is 42.3 Å². The molecule has 0 amide bonds. The average Bonchev–Trinajstić information content (AvgIpc) is 3.57. The minimum atomic E-state index is -0.755. The highest BCUT2D eigenvalue weighted by Gasteiger charge is 2.35. The summed E-state index contributed by atoms with van der Waals surface area (Å²) in [6, 6.07) is 34.5. The summed E-state index contributed by atoms with van der Waals surface area (Å²) in [5, 5.41) is 1.61. The van der Waals surface area contributed by atoms with E-state index in [1.165, 1.54) is 16.9 Å². The number of carbonyl (C=O) groups is 1. The third kappa shape index (κ3) is 5.45. The summed E-state index contributed by atoms with van der Waals surface area (Å²) in [6.45, 7) is 2.66. The van der Waals surface area contributed by atoms with Gasteiger partial charge in [0.05, 0.1) is 28.5 Å². The predicted octanol–water partition coefficient (Wildman–Crippen LogP) is 6.59. The highest BCUT2D eigenvalue weighted by molar-refractivity contribution is 7.07. The second-order valence-corrected chi connectivity index (χ2v) is 12.1. The number of benzene rings is 4. The van der Waals surface area contributed by atoms with E-state index in [0.29, 0.717) is 32.2 Å². The van der Waals surface area contributed by atoms with Gasteiger partial charge in [0.25, 0.3) is 5.56 Å². The summed E-state index contributed by atoms with van der Waals surface area (Å²) in [5.41, 5.74) is 5.27. The van der Waals surface area contributed by atoms with E-state index < -0.39 is 12.0 Å². The molecule has 45 heavy (non-hydrogen) atoms. The van der Waals surface area contributed by atoms with Gasteiger partial charge in [0, 0.05) is 39.8 Å². The Morgan fingerprint density at radius 1 is 0.933 bits per heavy atom. The third-order valence-electron chi connectivity index (χ3n) is 7.86.